The van der Waals surface area contributed by atoms with E-state index in [1.54, 1.807) is 12.1 Å². The van der Waals surface area contributed by atoms with Gasteiger partial charge < -0.3 is 5.32 Å². The van der Waals surface area contributed by atoms with Crippen molar-refractivity contribution in [3.8, 4) is 0 Å². The van der Waals surface area contributed by atoms with Crippen molar-refractivity contribution in [2.24, 2.45) is 5.14 Å². The number of thiophene rings is 1. The van der Waals surface area contributed by atoms with Gasteiger partial charge >= 0.3 is 0 Å². The molecule has 1 aromatic heterocycles. The van der Waals surface area contributed by atoms with E-state index in [2.05, 4.69) is 5.32 Å². The average Bonchev–Trinajstić information content (AvgIpc) is 2.75. The molecule has 1 amide bonds. The molecule has 7 heteroatoms. The fourth-order valence-electron chi connectivity index (χ4n) is 1.79. The van der Waals surface area contributed by atoms with Crippen LogP contribution in [0.3, 0.4) is 0 Å². The van der Waals surface area contributed by atoms with E-state index in [0.717, 1.165) is 10.4 Å². The molecule has 2 aromatic rings. The van der Waals surface area contributed by atoms with Crippen LogP contribution in [0.2, 0.25) is 0 Å². The predicted molar refractivity (Wildman–Crippen MR) is 82.8 cm³/mol. The largest absolute Gasteiger partial charge is 0.347 e. The Morgan fingerprint density at radius 2 is 2.00 bits per heavy atom. The third-order valence-electron chi connectivity index (χ3n) is 3.07. The fraction of sp³-hybridized carbons (Fsp3) is 0.214. The first kappa shape index (κ1) is 15.7. The molecule has 1 heterocycles. The van der Waals surface area contributed by atoms with Crippen LogP contribution in [0.5, 0.6) is 0 Å². The Balaban J connectivity index is 2.08. The number of carbonyl (C=O) groups is 1. The van der Waals surface area contributed by atoms with Crippen LogP contribution in [0.25, 0.3) is 0 Å². The zero-order valence-corrected chi connectivity index (χ0v) is 13.3. The lowest BCUT2D eigenvalue weighted by atomic mass is 10.2. The number of primary sulfonamides is 1. The molecule has 0 saturated heterocycles. The van der Waals surface area contributed by atoms with Gasteiger partial charge in [0.05, 0.1) is 9.77 Å². The standard InChI is InChI=1S/C14H16N2O3S2/c1-9-6-13(20-10(9)2)14(17)16-8-11-4-3-5-12(7-11)21(15,18)19/h3-7H,8H2,1-2H3,(H,16,17)(H2,15,18,19). The molecule has 1 aromatic carbocycles. The lowest BCUT2D eigenvalue weighted by Gasteiger charge is -2.05. The van der Waals surface area contributed by atoms with Crippen molar-refractivity contribution in [1.29, 1.82) is 0 Å². The Hall–Kier alpha value is -1.70. The molecule has 0 aliphatic carbocycles. The average molecular weight is 324 g/mol. The van der Waals surface area contributed by atoms with Crippen molar-refractivity contribution in [2.75, 3.05) is 0 Å². The smallest absolute Gasteiger partial charge is 0.261 e. The molecule has 0 aliphatic rings. The van der Waals surface area contributed by atoms with E-state index < -0.39 is 10.0 Å². The van der Waals surface area contributed by atoms with E-state index in [-0.39, 0.29) is 17.3 Å². The number of carbonyl (C=O) groups excluding carboxylic acids is 1. The molecular weight excluding hydrogens is 308 g/mol. The highest BCUT2D eigenvalue weighted by Gasteiger charge is 2.11. The summed E-state index contributed by atoms with van der Waals surface area (Å²) < 4.78 is 22.6. The molecule has 0 spiro atoms. The number of aryl methyl sites for hydroxylation is 2. The molecule has 0 atom stereocenters. The fourth-order valence-corrected chi connectivity index (χ4v) is 3.32. The van der Waals surface area contributed by atoms with Crippen LogP contribution in [0.1, 0.15) is 25.7 Å². The summed E-state index contributed by atoms with van der Waals surface area (Å²) in [5.74, 6) is -0.169. The van der Waals surface area contributed by atoms with Crippen LogP contribution < -0.4 is 10.5 Å². The Bertz CT molecular complexity index is 760. The van der Waals surface area contributed by atoms with E-state index in [1.165, 1.54) is 23.5 Å². The summed E-state index contributed by atoms with van der Waals surface area (Å²) >= 11 is 1.44. The number of nitrogens with one attached hydrogen (secondary N) is 1. The minimum atomic E-state index is -3.73. The van der Waals surface area contributed by atoms with Gasteiger partial charge in [-0.05, 0) is 43.2 Å². The Morgan fingerprint density at radius 3 is 2.57 bits per heavy atom. The van der Waals surface area contributed by atoms with Crippen LogP contribution >= 0.6 is 11.3 Å². The second kappa shape index (κ2) is 5.97. The Labute approximate surface area is 127 Å². The predicted octanol–water partition coefficient (Wildman–Crippen LogP) is 1.94. The van der Waals surface area contributed by atoms with Crippen LogP contribution in [-0.4, -0.2) is 14.3 Å². The molecule has 3 N–H and O–H groups in total. The third-order valence-corrected chi connectivity index (χ3v) is 5.13. The number of benzene rings is 1. The minimum absolute atomic E-state index is 0.0389. The molecular formula is C14H16N2O3S2. The maximum atomic E-state index is 12.0. The summed E-state index contributed by atoms with van der Waals surface area (Å²) in [6.07, 6.45) is 0. The van der Waals surface area contributed by atoms with Crippen molar-refractivity contribution in [1.82, 2.24) is 5.32 Å². The van der Waals surface area contributed by atoms with Gasteiger partial charge in [-0.3, -0.25) is 4.79 Å². The number of amides is 1. The maximum Gasteiger partial charge on any atom is 0.261 e. The first-order valence-corrected chi connectivity index (χ1v) is 8.60. The van der Waals surface area contributed by atoms with Crippen LogP contribution in [0.15, 0.2) is 35.2 Å². The Kier molecular flexibility index (Phi) is 4.46. The highest BCUT2D eigenvalue weighted by atomic mass is 32.2. The summed E-state index contributed by atoms with van der Waals surface area (Å²) in [7, 11) is -3.73. The number of hydrogen-bond acceptors (Lipinski definition) is 4. The van der Waals surface area contributed by atoms with E-state index in [9.17, 15) is 13.2 Å². The molecule has 2 rings (SSSR count). The van der Waals surface area contributed by atoms with E-state index in [4.69, 9.17) is 5.14 Å². The van der Waals surface area contributed by atoms with E-state index in [0.29, 0.717) is 10.4 Å². The molecule has 0 aliphatic heterocycles. The van der Waals surface area contributed by atoms with Gasteiger partial charge in [0.15, 0.2) is 0 Å². The van der Waals surface area contributed by atoms with Gasteiger partial charge in [0.1, 0.15) is 0 Å². The number of sulfonamides is 1. The van der Waals surface area contributed by atoms with E-state index >= 15 is 0 Å². The molecule has 0 unspecified atom stereocenters. The van der Waals surface area contributed by atoms with Gasteiger partial charge in [-0.1, -0.05) is 12.1 Å². The monoisotopic (exact) mass is 324 g/mol. The van der Waals surface area contributed by atoms with Gasteiger partial charge in [0.2, 0.25) is 10.0 Å². The van der Waals surface area contributed by atoms with Gasteiger partial charge in [-0.2, -0.15) is 0 Å². The second-order valence-corrected chi connectivity index (χ2v) is 7.54. The molecule has 21 heavy (non-hydrogen) atoms. The zero-order chi connectivity index (χ0) is 15.6. The molecule has 0 fully saturated rings. The van der Waals surface area contributed by atoms with E-state index in [1.807, 2.05) is 19.9 Å². The molecule has 0 radical (unpaired) electrons. The summed E-state index contributed by atoms with van der Waals surface area (Å²) in [5, 5.41) is 7.85. The number of nitrogens with two attached hydrogens (primary N) is 1. The lowest BCUT2D eigenvalue weighted by molar-refractivity contribution is 0.0955. The van der Waals surface area contributed by atoms with Crippen LogP contribution in [0.4, 0.5) is 0 Å². The van der Waals surface area contributed by atoms with Gasteiger partial charge in [-0.25, -0.2) is 13.6 Å². The topological polar surface area (TPSA) is 89.3 Å². The van der Waals surface area contributed by atoms with Gasteiger partial charge in [-0.15, -0.1) is 11.3 Å². The zero-order valence-electron chi connectivity index (χ0n) is 11.7. The van der Waals surface area contributed by atoms with Crippen molar-refractivity contribution < 1.29 is 13.2 Å². The normalized spacial score (nSPS) is 11.4. The SMILES string of the molecule is Cc1cc(C(=O)NCc2cccc(S(N)(=O)=O)c2)sc1C. The first-order valence-electron chi connectivity index (χ1n) is 6.24. The lowest BCUT2D eigenvalue weighted by Crippen LogP contribution is -2.22. The Morgan fingerprint density at radius 1 is 1.29 bits per heavy atom. The number of rotatable bonds is 4. The van der Waals surface area contributed by atoms with Crippen LogP contribution in [0, 0.1) is 13.8 Å². The molecule has 0 saturated carbocycles. The van der Waals surface area contributed by atoms with Crippen LogP contribution in [-0.2, 0) is 16.6 Å². The quantitative estimate of drug-likeness (QED) is 0.900. The van der Waals surface area contributed by atoms with Crippen molar-refractivity contribution in [3.63, 3.8) is 0 Å². The van der Waals surface area contributed by atoms with Crippen molar-refractivity contribution >= 4 is 27.3 Å². The minimum Gasteiger partial charge on any atom is -0.347 e. The highest BCUT2D eigenvalue weighted by molar-refractivity contribution is 7.89. The first-order chi connectivity index (χ1) is 9.77. The molecule has 0 bridgehead atoms. The molecule has 112 valence electrons. The third kappa shape index (κ3) is 3.90. The summed E-state index contributed by atoms with van der Waals surface area (Å²) in [6, 6.07) is 8.06. The van der Waals surface area contributed by atoms with Gasteiger partial charge in [0, 0.05) is 11.4 Å². The van der Waals surface area contributed by atoms with Crippen molar-refractivity contribution in [3.05, 3.63) is 51.2 Å². The van der Waals surface area contributed by atoms with Crippen molar-refractivity contribution in [2.45, 2.75) is 25.3 Å². The van der Waals surface area contributed by atoms with Gasteiger partial charge in [0.25, 0.3) is 5.91 Å². The second-order valence-electron chi connectivity index (χ2n) is 4.72. The summed E-state index contributed by atoms with van der Waals surface area (Å²) in [5.41, 5.74) is 1.77. The summed E-state index contributed by atoms with van der Waals surface area (Å²) in [6.45, 7) is 4.17. The highest BCUT2D eigenvalue weighted by Crippen LogP contribution is 2.20. The summed E-state index contributed by atoms with van der Waals surface area (Å²) in [4.78, 5) is 13.8. The number of hydrogen-bond donors (Lipinski definition) is 2. The molecule has 5 nitrogen and oxygen atoms in total. The maximum absolute atomic E-state index is 12.0.